The van der Waals surface area contributed by atoms with Gasteiger partial charge < -0.3 is 0 Å². The average molecular weight is 228 g/mol. The van der Waals surface area contributed by atoms with Crippen molar-refractivity contribution in [1.82, 2.24) is 0 Å². The summed E-state index contributed by atoms with van der Waals surface area (Å²) < 4.78 is 13.7. The molecule has 4 heteroatoms. The zero-order valence-electron chi connectivity index (χ0n) is 8.50. The van der Waals surface area contributed by atoms with Gasteiger partial charge in [0.1, 0.15) is 11.7 Å². The Morgan fingerprint density at radius 2 is 1.93 bits per heavy atom. The highest BCUT2D eigenvalue weighted by molar-refractivity contribution is 6.30. The van der Waals surface area contributed by atoms with E-state index >= 15 is 0 Å². The van der Waals surface area contributed by atoms with Crippen molar-refractivity contribution in [2.75, 3.05) is 0 Å². The molecular formula is C11H11ClFNO. The summed E-state index contributed by atoms with van der Waals surface area (Å²) in [4.78, 5) is 13.7. The smallest absolute Gasteiger partial charge is 0.235 e. The van der Waals surface area contributed by atoms with E-state index in [-0.39, 0.29) is 0 Å². The van der Waals surface area contributed by atoms with Crippen molar-refractivity contribution in [1.29, 1.82) is 0 Å². The van der Waals surface area contributed by atoms with Crippen molar-refractivity contribution in [2.24, 2.45) is 4.99 Å². The molecule has 0 spiro atoms. The number of benzene rings is 1. The van der Waals surface area contributed by atoms with E-state index in [9.17, 15) is 9.18 Å². The number of nitrogens with zero attached hydrogens (tertiary/aromatic N) is 1. The lowest BCUT2D eigenvalue weighted by atomic mass is 9.94. The minimum Gasteiger partial charge on any atom is -0.242 e. The third kappa shape index (κ3) is 3.15. The van der Waals surface area contributed by atoms with Gasteiger partial charge in [-0.05, 0) is 31.5 Å². The maximum atomic E-state index is 13.7. The summed E-state index contributed by atoms with van der Waals surface area (Å²) in [7, 11) is 0. The lowest BCUT2D eigenvalue weighted by Gasteiger charge is -2.22. The van der Waals surface area contributed by atoms with Gasteiger partial charge in [-0.1, -0.05) is 23.7 Å². The first-order valence-electron chi connectivity index (χ1n) is 4.46. The predicted octanol–water partition coefficient (Wildman–Crippen LogP) is 3.47. The Kier molecular flexibility index (Phi) is 3.61. The Hall–Kier alpha value is -1.18. The maximum Gasteiger partial charge on any atom is 0.235 e. The molecule has 80 valence electrons. The molecule has 1 atom stereocenters. The van der Waals surface area contributed by atoms with Crippen LogP contribution in [0.3, 0.4) is 0 Å². The summed E-state index contributed by atoms with van der Waals surface area (Å²) in [5.74, 6) is 0. The quantitative estimate of drug-likeness (QED) is 0.574. The lowest BCUT2D eigenvalue weighted by molar-refractivity contribution is 0.175. The first kappa shape index (κ1) is 11.9. The van der Waals surface area contributed by atoms with Crippen molar-refractivity contribution in [3.05, 3.63) is 34.9 Å². The number of halogens is 2. The van der Waals surface area contributed by atoms with E-state index in [1.165, 1.54) is 19.9 Å². The van der Waals surface area contributed by atoms with Crippen molar-refractivity contribution in [2.45, 2.75) is 25.6 Å². The van der Waals surface area contributed by atoms with E-state index in [2.05, 4.69) is 4.99 Å². The average Bonchev–Trinajstić information content (AvgIpc) is 2.14. The molecule has 0 saturated heterocycles. The van der Waals surface area contributed by atoms with E-state index in [1.807, 2.05) is 0 Å². The molecule has 15 heavy (non-hydrogen) atoms. The monoisotopic (exact) mass is 227 g/mol. The molecule has 1 aromatic rings. The third-order valence-electron chi connectivity index (χ3n) is 2.02. The van der Waals surface area contributed by atoms with Gasteiger partial charge in [0.25, 0.3) is 0 Å². The van der Waals surface area contributed by atoms with Crippen molar-refractivity contribution in [3.63, 3.8) is 0 Å². The maximum absolute atomic E-state index is 13.7. The molecule has 0 bridgehead atoms. The molecule has 0 aliphatic heterocycles. The minimum atomic E-state index is -1.61. The second kappa shape index (κ2) is 4.56. The van der Waals surface area contributed by atoms with E-state index in [0.717, 1.165) is 0 Å². The van der Waals surface area contributed by atoms with E-state index in [4.69, 9.17) is 11.6 Å². The molecule has 1 unspecified atom stereocenters. The molecule has 1 rings (SSSR count). The summed E-state index contributed by atoms with van der Waals surface area (Å²) in [5, 5.41) is 0.559. The first-order valence-corrected chi connectivity index (χ1v) is 4.84. The largest absolute Gasteiger partial charge is 0.242 e. The van der Waals surface area contributed by atoms with Crippen molar-refractivity contribution >= 4 is 17.7 Å². The van der Waals surface area contributed by atoms with Crippen LogP contribution in [-0.2, 0) is 4.79 Å². The zero-order chi connectivity index (χ0) is 11.5. The van der Waals surface area contributed by atoms with Gasteiger partial charge in [0.05, 0.1) is 0 Å². The van der Waals surface area contributed by atoms with Crippen LogP contribution in [0.1, 0.15) is 25.5 Å². The van der Waals surface area contributed by atoms with Crippen LogP contribution in [0.25, 0.3) is 0 Å². The Morgan fingerprint density at radius 3 is 2.33 bits per heavy atom. The molecule has 0 N–H and O–H groups in total. The second-order valence-corrected chi connectivity index (χ2v) is 4.18. The molecule has 0 radical (unpaired) electrons. The fraction of sp³-hybridized carbons (Fsp3) is 0.364. The van der Waals surface area contributed by atoms with E-state index in [1.54, 1.807) is 24.3 Å². The van der Waals surface area contributed by atoms with Gasteiger partial charge in [0.2, 0.25) is 6.08 Å². The Morgan fingerprint density at radius 1 is 1.40 bits per heavy atom. The molecule has 1 aromatic carbocycles. The number of isocyanates is 1. The zero-order valence-corrected chi connectivity index (χ0v) is 9.25. The number of rotatable bonds is 3. The highest BCUT2D eigenvalue weighted by Crippen LogP contribution is 2.32. The van der Waals surface area contributed by atoms with Gasteiger partial charge in [0.15, 0.2) is 0 Å². The SMILES string of the molecule is CC(C)(F)C(N=C=O)c1ccc(Cl)cc1. The van der Waals surface area contributed by atoms with Gasteiger partial charge in [-0.3, -0.25) is 0 Å². The minimum absolute atomic E-state index is 0.559. The molecule has 0 aromatic heterocycles. The molecule has 2 nitrogen and oxygen atoms in total. The summed E-state index contributed by atoms with van der Waals surface area (Å²) in [6.45, 7) is 2.74. The highest BCUT2D eigenvalue weighted by Gasteiger charge is 2.30. The van der Waals surface area contributed by atoms with Gasteiger partial charge in [-0.15, -0.1) is 0 Å². The lowest BCUT2D eigenvalue weighted by Crippen LogP contribution is -2.22. The third-order valence-corrected chi connectivity index (χ3v) is 2.27. The van der Waals surface area contributed by atoms with Gasteiger partial charge in [0, 0.05) is 5.02 Å². The summed E-state index contributed by atoms with van der Waals surface area (Å²) in [6.07, 6.45) is 1.39. The normalized spacial score (nSPS) is 13.1. The predicted molar refractivity (Wildman–Crippen MR) is 57.5 cm³/mol. The fourth-order valence-corrected chi connectivity index (χ4v) is 1.45. The molecular weight excluding hydrogens is 217 g/mol. The van der Waals surface area contributed by atoms with Crippen LogP contribution < -0.4 is 0 Å². The second-order valence-electron chi connectivity index (χ2n) is 3.74. The summed E-state index contributed by atoms with van der Waals surface area (Å²) >= 11 is 5.71. The number of hydrogen-bond donors (Lipinski definition) is 0. The van der Waals surface area contributed by atoms with Crippen LogP contribution >= 0.6 is 11.6 Å². The molecule has 0 aliphatic carbocycles. The van der Waals surface area contributed by atoms with Crippen LogP contribution in [0.2, 0.25) is 5.02 Å². The van der Waals surface area contributed by atoms with Crippen molar-refractivity contribution < 1.29 is 9.18 Å². The summed E-state index contributed by atoms with van der Waals surface area (Å²) in [5.41, 5.74) is -0.999. The number of alkyl halides is 1. The van der Waals surface area contributed by atoms with Crippen molar-refractivity contribution in [3.8, 4) is 0 Å². The van der Waals surface area contributed by atoms with Crippen LogP contribution in [0, 0.1) is 0 Å². The summed E-state index contributed by atoms with van der Waals surface area (Å²) in [6, 6.07) is 5.73. The highest BCUT2D eigenvalue weighted by atomic mass is 35.5. The molecule has 0 heterocycles. The van der Waals surface area contributed by atoms with Gasteiger partial charge in [-0.25, -0.2) is 9.18 Å². The first-order chi connectivity index (χ1) is 6.95. The number of aliphatic imine (C=N–C) groups is 1. The van der Waals surface area contributed by atoms with E-state index in [0.29, 0.717) is 10.6 Å². The Labute approximate surface area is 92.8 Å². The topological polar surface area (TPSA) is 29.4 Å². The van der Waals surface area contributed by atoms with Gasteiger partial charge in [-0.2, -0.15) is 4.99 Å². The molecule has 0 fully saturated rings. The Balaban J connectivity index is 3.10. The van der Waals surface area contributed by atoms with Gasteiger partial charge >= 0.3 is 0 Å². The molecule has 0 amide bonds. The van der Waals surface area contributed by atoms with Crippen LogP contribution in [0.4, 0.5) is 4.39 Å². The van der Waals surface area contributed by atoms with Crippen LogP contribution in [0.15, 0.2) is 29.3 Å². The standard InChI is InChI=1S/C11H11ClFNO/c1-11(2,13)10(14-7-15)8-3-5-9(12)6-4-8/h3-6,10H,1-2H3. The molecule has 0 saturated carbocycles. The van der Waals surface area contributed by atoms with Crippen LogP contribution in [0.5, 0.6) is 0 Å². The number of hydrogen-bond acceptors (Lipinski definition) is 2. The fourth-order valence-electron chi connectivity index (χ4n) is 1.32. The van der Waals surface area contributed by atoms with E-state index < -0.39 is 11.7 Å². The number of carbonyl (C=O) groups excluding carboxylic acids is 1. The Bertz CT molecular complexity index is 377. The molecule has 0 aliphatic rings. The van der Waals surface area contributed by atoms with Crippen LogP contribution in [-0.4, -0.2) is 11.7 Å².